The van der Waals surface area contributed by atoms with Gasteiger partial charge in [0.25, 0.3) is 5.91 Å². The van der Waals surface area contributed by atoms with Gasteiger partial charge < -0.3 is 24.1 Å². The molecule has 7 nitrogen and oxygen atoms in total. The van der Waals surface area contributed by atoms with Gasteiger partial charge in [0.05, 0.1) is 31.1 Å². The van der Waals surface area contributed by atoms with Crippen LogP contribution in [0.25, 0.3) is 11.3 Å². The van der Waals surface area contributed by atoms with E-state index in [4.69, 9.17) is 37.1 Å². The second-order valence-electron chi connectivity index (χ2n) is 7.33. The number of furan rings is 1. The maximum absolute atomic E-state index is 12.8. The quantitative estimate of drug-likeness (QED) is 0.460. The van der Waals surface area contributed by atoms with Crippen LogP contribution in [0.5, 0.6) is 0 Å². The van der Waals surface area contributed by atoms with Crippen LogP contribution in [-0.4, -0.2) is 44.8 Å². The fraction of sp³-hybridized carbons (Fsp3) is 0.250. The van der Waals surface area contributed by atoms with Gasteiger partial charge in [-0.15, -0.1) is 0 Å². The molecule has 0 spiro atoms. The van der Waals surface area contributed by atoms with Crippen molar-refractivity contribution in [2.24, 2.45) is 0 Å². The third-order valence-electron chi connectivity index (χ3n) is 5.08. The third-order valence-corrected chi connectivity index (χ3v) is 5.51. The van der Waals surface area contributed by atoms with Gasteiger partial charge in [0.2, 0.25) is 0 Å². The molecule has 9 heteroatoms. The predicted molar refractivity (Wildman–Crippen MR) is 128 cm³/mol. The monoisotopic (exact) mass is 488 g/mol. The van der Waals surface area contributed by atoms with Crippen LogP contribution in [-0.2, 0) is 9.47 Å². The van der Waals surface area contributed by atoms with E-state index in [0.29, 0.717) is 58.9 Å². The van der Waals surface area contributed by atoms with Crippen molar-refractivity contribution in [1.82, 2.24) is 0 Å². The summed E-state index contributed by atoms with van der Waals surface area (Å²) < 4.78 is 16.3. The zero-order chi connectivity index (χ0) is 23.4. The maximum atomic E-state index is 12.8. The van der Waals surface area contributed by atoms with Crippen molar-refractivity contribution in [2.45, 2.75) is 6.92 Å². The molecule has 0 unspecified atom stereocenters. The predicted octanol–water partition coefficient (Wildman–Crippen LogP) is 5.52. The summed E-state index contributed by atoms with van der Waals surface area (Å²) >= 11 is 12.1. The molecule has 1 aromatic heterocycles. The van der Waals surface area contributed by atoms with Crippen molar-refractivity contribution in [3.8, 4) is 11.3 Å². The van der Waals surface area contributed by atoms with Crippen molar-refractivity contribution < 1.29 is 23.5 Å². The molecule has 33 heavy (non-hydrogen) atoms. The van der Waals surface area contributed by atoms with Crippen LogP contribution in [0.1, 0.15) is 27.8 Å². The SMILES string of the molecule is CCOC(=O)c1cc(NC(=O)c2ccc(-c3cc(Cl)cc(Cl)c3)o2)ccc1N1CCOCC1. The summed E-state index contributed by atoms with van der Waals surface area (Å²) in [7, 11) is 0. The number of esters is 1. The Labute approximate surface area is 201 Å². The van der Waals surface area contributed by atoms with Gasteiger partial charge in [-0.1, -0.05) is 23.2 Å². The summed E-state index contributed by atoms with van der Waals surface area (Å²) in [5.74, 6) is -0.341. The molecule has 0 bridgehead atoms. The highest BCUT2D eigenvalue weighted by molar-refractivity contribution is 6.35. The highest BCUT2D eigenvalue weighted by Crippen LogP contribution is 2.30. The van der Waals surface area contributed by atoms with E-state index < -0.39 is 11.9 Å². The molecule has 1 saturated heterocycles. The van der Waals surface area contributed by atoms with E-state index in [2.05, 4.69) is 10.2 Å². The Morgan fingerprint density at radius 3 is 2.45 bits per heavy atom. The molecule has 0 atom stereocenters. The van der Waals surface area contributed by atoms with Crippen LogP contribution in [0, 0.1) is 0 Å². The van der Waals surface area contributed by atoms with Crippen LogP contribution in [0.15, 0.2) is 52.9 Å². The van der Waals surface area contributed by atoms with Crippen molar-refractivity contribution in [2.75, 3.05) is 43.1 Å². The van der Waals surface area contributed by atoms with Gasteiger partial charge in [-0.3, -0.25) is 4.79 Å². The Morgan fingerprint density at radius 2 is 1.76 bits per heavy atom. The average molecular weight is 489 g/mol. The molecule has 1 N–H and O–H groups in total. The first-order valence-corrected chi connectivity index (χ1v) is 11.2. The van der Waals surface area contributed by atoms with E-state index in [9.17, 15) is 9.59 Å². The van der Waals surface area contributed by atoms with Crippen molar-refractivity contribution in [3.05, 3.63) is 69.9 Å². The number of carbonyl (C=O) groups excluding carboxylic acids is 2. The second kappa shape index (κ2) is 10.3. The van der Waals surface area contributed by atoms with E-state index in [-0.39, 0.29) is 12.4 Å². The lowest BCUT2D eigenvalue weighted by Crippen LogP contribution is -2.37. The number of benzene rings is 2. The molecular formula is C24H22Cl2N2O5. The Morgan fingerprint density at radius 1 is 1.03 bits per heavy atom. The average Bonchev–Trinajstić information content (AvgIpc) is 3.30. The highest BCUT2D eigenvalue weighted by atomic mass is 35.5. The molecule has 172 valence electrons. The topological polar surface area (TPSA) is 81.0 Å². The summed E-state index contributed by atoms with van der Waals surface area (Å²) in [4.78, 5) is 27.5. The molecule has 1 aliphatic rings. The molecular weight excluding hydrogens is 467 g/mol. The number of ether oxygens (including phenoxy) is 2. The number of amides is 1. The Kier molecular flexibility index (Phi) is 7.23. The zero-order valence-corrected chi connectivity index (χ0v) is 19.4. The number of carbonyl (C=O) groups is 2. The van der Waals surface area contributed by atoms with E-state index in [1.165, 1.54) is 0 Å². The lowest BCUT2D eigenvalue weighted by molar-refractivity contribution is 0.0526. The number of hydrogen-bond donors (Lipinski definition) is 1. The highest BCUT2D eigenvalue weighted by Gasteiger charge is 2.21. The number of rotatable bonds is 6. The van der Waals surface area contributed by atoms with E-state index in [1.807, 2.05) is 0 Å². The molecule has 2 heterocycles. The van der Waals surface area contributed by atoms with Gasteiger partial charge in [0.1, 0.15) is 5.76 Å². The summed E-state index contributed by atoms with van der Waals surface area (Å²) in [5.41, 5.74) is 2.23. The normalized spacial score (nSPS) is 13.6. The summed E-state index contributed by atoms with van der Waals surface area (Å²) in [6, 6.07) is 13.4. The van der Waals surface area contributed by atoms with Crippen molar-refractivity contribution >= 4 is 46.5 Å². The number of anilines is 2. The minimum absolute atomic E-state index is 0.107. The lowest BCUT2D eigenvalue weighted by atomic mass is 10.1. The first kappa shape index (κ1) is 23.2. The van der Waals surface area contributed by atoms with Gasteiger partial charge in [0, 0.05) is 34.4 Å². The first-order valence-electron chi connectivity index (χ1n) is 10.5. The smallest absolute Gasteiger partial charge is 0.340 e. The van der Waals surface area contributed by atoms with Gasteiger partial charge in [0.15, 0.2) is 5.76 Å². The summed E-state index contributed by atoms with van der Waals surface area (Å²) in [6.07, 6.45) is 0. The van der Waals surface area contributed by atoms with Crippen LogP contribution in [0.4, 0.5) is 11.4 Å². The molecule has 1 fully saturated rings. The molecule has 4 rings (SSSR count). The Bertz CT molecular complexity index is 1150. The largest absolute Gasteiger partial charge is 0.462 e. The van der Waals surface area contributed by atoms with E-state index >= 15 is 0 Å². The number of hydrogen-bond acceptors (Lipinski definition) is 6. The van der Waals surface area contributed by atoms with Crippen LogP contribution in [0.2, 0.25) is 10.0 Å². The van der Waals surface area contributed by atoms with Crippen LogP contribution < -0.4 is 10.2 Å². The number of morpholine rings is 1. The number of nitrogens with one attached hydrogen (secondary N) is 1. The number of nitrogens with zero attached hydrogens (tertiary/aromatic N) is 1. The number of halogens is 2. The van der Waals surface area contributed by atoms with Gasteiger partial charge in [-0.25, -0.2) is 4.79 Å². The molecule has 3 aromatic rings. The van der Waals surface area contributed by atoms with Crippen molar-refractivity contribution in [3.63, 3.8) is 0 Å². The van der Waals surface area contributed by atoms with Crippen LogP contribution in [0.3, 0.4) is 0 Å². The Hall–Kier alpha value is -3.00. The summed E-state index contributed by atoms with van der Waals surface area (Å²) in [6.45, 7) is 4.50. The fourth-order valence-corrected chi connectivity index (χ4v) is 4.10. The lowest BCUT2D eigenvalue weighted by Gasteiger charge is -2.30. The molecule has 2 aromatic carbocycles. The Balaban J connectivity index is 1.56. The van der Waals surface area contributed by atoms with Gasteiger partial charge in [-0.05, 0) is 55.5 Å². The van der Waals surface area contributed by atoms with E-state index in [0.717, 1.165) is 5.69 Å². The van der Waals surface area contributed by atoms with Crippen molar-refractivity contribution in [1.29, 1.82) is 0 Å². The minimum Gasteiger partial charge on any atom is -0.462 e. The molecule has 0 saturated carbocycles. The molecule has 0 radical (unpaired) electrons. The summed E-state index contributed by atoms with van der Waals surface area (Å²) in [5, 5.41) is 3.71. The molecule has 1 aliphatic heterocycles. The van der Waals surface area contributed by atoms with Crippen LogP contribution >= 0.6 is 23.2 Å². The van der Waals surface area contributed by atoms with Gasteiger partial charge >= 0.3 is 5.97 Å². The fourth-order valence-electron chi connectivity index (χ4n) is 3.57. The second-order valence-corrected chi connectivity index (χ2v) is 8.20. The maximum Gasteiger partial charge on any atom is 0.340 e. The van der Waals surface area contributed by atoms with Gasteiger partial charge in [-0.2, -0.15) is 0 Å². The molecule has 1 amide bonds. The molecule has 0 aliphatic carbocycles. The zero-order valence-electron chi connectivity index (χ0n) is 17.9. The first-order chi connectivity index (χ1) is 15.9. The standard InChI is InChI=1S/C24H22Cl2N2O5/c1-2-32-24(30)19-14-18(3-4-20(19)28-7-9-31-10-8-28)27-23(29)22-6-5-21(33-22)15-11-16(25)13-17(26)12-15/h3-6,11-14H,2,7-10H2,1H3,(H,27,29). The van der Waals surface area contributed by atoms with E-state index in [1.54, 1.807) is 55.5 Å². The minimum atomic E-state index is -0.455. The third kappa shape index (κ3) is 5.50.